The minimum Gasteiger partial charge on any atom is -0.373 e. The van der Waals surface area contributed by atoms with Crippen LogP contribution in [0.25, 0.3) is 0 Å². The minimum absolute atomic E-state index is 0. The first-order valence-corrected chi connectivity index (χ1v) is 7.91. The Hall–Kier alpha value is 0.0800. The predicted molar refractivity (Wildman–Crippen MR) is 76.8 cm³/mol. The van der Waals surface area contributed by atoms with Crippen molar-refractivity contribution in [3.8, 4) is 0 Å². The number of hydrogen-bond donors (Lipinski definition) is 1. The summed E-state index contributed by atoms with van der Waals surface area (Å²) < 4.78 is 33.7. The molecule has 0 amide bonds. The van der Waals surface area contributed by atoms with Gasteiger partial charge in [-0.2, -0.15) is 17.0 Å². The minimum atomic E-state index is -3.32. The van der Waals surface area contributed by atoms with E-state index >= 15 is 0 Å². The van der Waals surface area contributed by atoms with E-state index < -0.39 is 10.2 Å². The van der Waals surface area contributed by atoms with Crippen LogP contribution in [0.1, 0.15) is 20.3 Å². The Morgan fingerprint density at radius 1 is 1.11 bits per heavy atom. The summed E-state index contributed by atoms with van der Waals surface area (Å²) in [5, 5.41) is 3.14. The van der Waals surface area contributed by atoms with Gasteiger partial charge in [-0.15, -0.1) is 12.4 Å². The van der Waals surface area contributed by atoms with Gasteiger partial charge in [0.05, 0.1) is 12.2 Å². The number of ether oxygens (including phenoxy) is 1. The highest BCUT2D eigenvalue weighted by Crippen LogP contribution is 2.21. The van der Waals surface area contributed by atoms with Gasteiger partial charge in [-0.1, -0.05) is 0 Å². The number of rotatable bonds is 3. The highest BCUT2D eigenvalue weighted by molar-refractivity contribution is 7.86. The summed E-state index contributed by atoms with van der Waals surface area (Å²) in [6.45, 7) is 5.91. The van der Waals surface area contributed by atoms with E-state index in [0.29, 0.717) is 26.2 Å². The normalized spacial score (nSPS) is 34.2. The molecule has 0 aliphatic carbocycles. The SMILES string of the molecule is CNC1CCN(S(=O)(=O)N2CC(C)OC(C)C2)C1.Cl. The van der Waals surface area contributed by atoms with Gasteiger partial charge in [0.2, 0.25) is 0 Å². The zero-order chi connectivity index (χ0) is 13.3. The topological polar surface area (TPSA) is 61.9 Å². The smallest absolute Gasteiger partial charge is 0.282 e. The lowest BCUT2D eigenvalue weighted by Gasteiger charge is -2.36. The first kappa shape index (κ1) is 17.1. The third-order valence-corrected chi connectivity index (χ3v) is 5.53. The molecule has 8 heteroatoms. The highest BCUT2D eigenvalue weighted by atomic mass is 35.5. The van der Waals surface area contributed by atoms with Crippen molar-refractivity contribution in [2.75, 3.05) is 33.2 Å². The molecule has 1 N–H and O–H groups in total. The third-order valence-electron chi connectivity index (χ3n) is 3.60. The molecular weight excluding hydrogens is 290 g/mol. The van der Waals surface area contributed by atoms with E-state index in [1.165, 1.54) is 0 Å². The zero-order valence-electron chi connectivity index (χ0n) is 11.7. The van der Waals surface area contributed by atoms with Crippen LogP contribution in [0.2, 0.25) is 0 Å². The summed E-state index contributed by atoms with van der Waals surface area (Å²) in [7, 11) is -1.45. The number of likely N-dealkylation sites (N-methyl/N-ethyl adjacent to an activating group) is 1. The van der Waals surface area contributed by atoms with E-state index in [4.69, 9.17) is 4.74 Å². The van der Waals surface area contributed by atoms with Gasteiger partial charge in [0.25, 0.3) is 10.2 Å². The number of nitrogens with one attached hydrogen (secondary N) is 1. The number of nitrogens with zero attached hydrogens (tertiary/aromatic N) is 2. The molecule has 0 spiro atoms. The molecule has 2 heterocycles. The Kier molecular flexibility index (Phi) is 6.03. The highest BCUT2D eigenvalue weighted by Gasteiger charge is 2.38. The molecule has 0 bridgehead atoms. The molecule has 0 aromatic rings. The van der Waals surface area contributed by atoms with E-state index in [-0.39, 0.29) is 30.7 Å². The van der Waals surface area contributed by atoms with Crippen molar-refractivity contribution >= 4 is 22.6 Å². The Morgan fingerprint density at radius 3 is 2.16 bits per heavy atom. The van der Waals surface area contributed by atoms with Gasteiger partial charge < -0.3 is 10.1 Å². The number of hydrogen-bond acceptors (Lipinski definition) is 4. The summed E-state index contributed by atoms with van der Waals surface area (Å²) in [6.07, 6.45) is 0.808. The van der Waals surface area contributed by atoms with Gasteiger partial charge in [-0.05, 0) is 27.3 Å². The van der Waals surface area contributed by atoms with Crippen molar-refractivity contribution in [1.29, 1.82) is 0 Å². The maximum absolute atomic E-state index is 12.5. The van der Waals surface area contributed by atoms with E-state index in [2.05, 4.69) is 5.32 Å². The second kappa shape index (κ2) is 6.69. The van der Waals surface area contributed by atoms with Crippen molar-refractivity contribution in [2.24, 2.45) is 0 Å². The summed E-state index contributed by atoms with van der Waals surface area (Å²) in [5.74, 6) is 0. The summed E-state index contributed by atoms with van der Waals surface area (Å²) >= 11 is 0. The van der Waals surface area contributed by atoms with Crippen LogP contribution in [0.4, 0.5) is 0 Å². The standard InChI is InChI=1S/C11H23N3O3S.ClH/c1-9-6-14(7-10(2)17-9)18(15,16)13-5-4-11(8-13)12-3;/h9-12H,4-8H2,1-3H3;1H. The molecule has 2 fully saturated rings. The van der Waals surface area contributed by atoms with Crippen molar-refractivity contribution in [3.05, 3.63) is 0 Å². The molecule has 0 aromatic heterocycles. The van der Waals surface area contributed by atoms with Crippen LogP contribution in [-0.4, -0.2) is 68.5 Å². The van der Waals surface area contributed by atoms with Crippen LogP contribution in [0.5, 0.6) is 0 Å². The largest absolute Gasteiger partial charge is 0.373 e. The van der Waals surface area contributed by atoms with Crippen molar-refractivity contribution < 1.29 is 13.2 Å². The van der Waals surface area contributed by atoms with Gasteiger partial charge in [0.15, 0.2) is 0 Å². The van der Waals surface area contributed by atoms with Crippen LogP contribution in [0.15, 0.2) is 0 Å². The van der Waals surface area contributed by atoms with Crippen molar-refractivity contribution in [1.82, 2.24) is 13.9 Å². The maximum atomic E-state index is 12.5. The third kappa shape index (κ3) is 3.80. The fraction of sp³-hybridized carbons (Fsp3) is 1.00. The molecule has 2 saturated heterocycles. The quantitative estimate of drug-likeness (QED) is 0.800. The van der Waals surface area contributed by atoms with E-state index in [1.807, 2.05) is 20.9 Å². The molecule has 0 saturated carbocycles. The van der Waals surface area contributed by atoms with Gasteiger partial charge in [-0.25, -0.2) is 0 Å². The molecule has 0 radical (unpaired) electrons. The average Bonchev–Trinajstić information content (AvgIpc) is 2.76. The summed E-state index contributed by atoms with van der Waals surface area (Å²) in [5.41, 5.74) is 0. The molecule has 6 nitrogen and oxygen atoms in total. The molecule has 0 aromatic carbocycles. The van der Waals surface area contributed by atoms with Crippen molar-refractivity contribution in [3.63, 3.8) is 0 Å². The molecule has 3 atom stereocenters. The molecular formula is C11H24ClN3O3S. The van der Waals surface area contributed by atoms with Gasteiger partial charge in [-0.3, -0.25) is 0 Å². The van der Waals surface area contributed by atoms with E-state index in [0.717, 1.165) is 6.42 Å². The molecule has 2 aliphatic rings. The second-order valence-corrected chi connectivity index (χ2v) is 7.14. The molecule has 2 aliphatic heterocycles. The summed E-state index contributed by atoms with van der Waals surface area (Å²) in [6, 6.07) is 0.274. The Bertz CT molecular complexity index is 383. The van der Waals surface area contributed by atoms with Crippen LogP contribution in [0, 0.1) is 0 Å². The average molecular weight is 314 g/mol. The van der Waals surface area contributed by atoms with Crippen LogP contribution >= 0.6 is 12.4 Å². The van der Waals surface area contributed by atoms with Crippen molar-refractivity contribution in [2.45, 2.75) is 38.5 Å². The molecule has 19 heavy (non-hydrogen) atoms. The maximum Gasteiger partial charge on any atom is 0.282 e. The predicted octanol–water partition coefficient (Wildman–Crippen LogP) is 0.0559. The summed E-state index contributed by atoms with van der Waals surface area (Å²) in [4.78, 5) is 0. The van der Waals surface area contributed by atoms with E-state index in [9.17, 15) is 8.42 Å². The Labute approximate surface area is 122 Å². The lowest BCUT2D eigenvalue weighted by Crippen LogP contribution is -2.52. The van der Waals surface area contributed by atoms with E-state index in [1.54, 1.807) is 8.61 Å². The van der Waals surface area contributed by atoms with Crippen LogP contribution in [-0.2, 0) is 14.9 Å². The van der Waals surface area contributed by atoms with Gasteiger partial charge in [0, 0.05) is 32.2 Å². The Morgan fingerprint density at radius 2 is 1.68 bits per heavy atom. The molecule has 114 valence electrons. The molecule has 3 unspecified atom stereocenters. The Balaban J connectivity index is 0.00000180. The fourth-order valence-corrected chi connectivity index (χ4v) is 4.48. The van der Waals surface area contributed by atoms with Crippen LogP contribution in [0.3, 0.4) is 0 Å². The second-order valence-electron chi connectivity index (χ2n) is 5.21. The molecule has 2 rings (SSSR count). The first-order valence-electron chi connectivity index (χ1n) is 6.51. The number of halogens is 1. The monoisotopic (exact) mass is 313 g/mol. The van der Waals surface area contributed by atoms with Gasteiger partial charge >= 0.3 is 0 Å². The fourth-order valence-electron chi connectivity index (χ4n) is 2.66. The van der Waals surface area contributed by atoms with Gasteiger partial charge in [0.1, 0.15) is 0 Å². The number of morpholine rings is 1. The lowest BCUT2D eigenvalue weighted by atomic mass is 10.3. The zero-order valence-corrected chi connectivity index (χ0v) is 13.3. The first-order chi connectivity index (χ1) is 8.43. The lowest BCUT2D eigenvalue weighted by molar-refractivity contribution is -0.0453. The van der Waals surface area contributed by atoms with Crippen LogP contribution < -0.4 is 5.32 Å².